The minimum absolute atomic E-state index is 0.271. The van der Waals surface area contributed by atoms with Crippen LogP contribution in [-0.2, 0) is 5.41 Å². The predicted octanol–water partition coefficient (Wildman–Crippen LogP) is 15.0. The first-order valence-electron chi connectivity index (χ1n) is 20.0. The van der Waals surface area contributed by atoms with Crippen molar-refractivity contribution in [1.82, 2.24) is 0 Å². The molecule has 3 heterocycles. The van der Waals surface area contributed by atoms with Crippen LogP contribution in [-0.4, -0.2) is 0 Å². The molecule has 9 aromatic carbocycles. The smallest absolute Gasteiger partial charge is 0.136 e. The summed E-state index contributed by atoms with van der Waals surface area (Å²) in [6, 6.07) is 73.7. The second kappa shape index (κ2) is 12.9. The number of furan rings is 1. The fraction of sp³-hybridized carbons (Fsp3) is 0.0182. The third-order valence-electron chi connectivity index (χ3n) is 12.3. The maximum absolute atomic E-state index is 16.0. The summed E-state index contributed by atoms with van der Waals surface area (Å²) < 4.78 is 22.3. The van der Waals surface area contributed by atoms with Gasteiger partial charge in [-0.2, -0.15) is 0 Å². The van der Waals surface area contributed by atoms with E-state index in [2.05, 4.69) is 180 Å². The molecule has 0 bridgehead atoms. The van der Waals surface area contributed by atoms with Crippen LogP contribution in [0.4, 0.5) is 38.5 Å². The van der Waals surface area contributed by atoms with Crippen molar-refractivity contribution >= 4 is 56.1 Å². The number of benzene rings is 9. The van der Waals surface area contributed by atoms with Gasteiger partial charge in [-0.3, -0.25) is 0 Å². The quantitative estimate of drug-likeness (QED) is 0.178. The first kappa shape index (κ1) is 33.4. The summed E-state index contributed by atoms with van der Waals surface area (Å²) in [5.41, 5.74) is 15.8. The van der Waals surface area contributed by atoms with Crippen molar-refractivity contribution in [3.63, 3.8) is 0 Å². The van der Waals surface area contributed by atoms with Crippen LogP contribution in [0.3, 0.4) is 0 Å². The van der Waals surface area contributed by atoms with Crippen molar-refractivity contribution in [1.29, 1.82) is 0 Å². The molecule has 12 rings (SSSR count). The van der Waals surface area contributed by atoms with Crippen LogP contribution in [0.1, 0.15) is 22.3 Å². The Balaban J connectivity index is 1.05. The molecule has 59 heavy (non-hydrogen) atoms. The number of rotatable bonds is 4. The van der Waals surface area contributed by atoms with Crippen LogP contribution in [0.2, 0.25) is 0 Å². The van der Waals surface area contributed by atoms with Crippen LogP contribution in [0.15, 0.2) is 217 Å². The van der Waals surface area contributed by atoms with E-state index < -0.39 is 5.41 Å². The number of nitrogens with zero attached hydrogens (tertiary/aromatic N) is 2. The fourth-order valence-corrected chi connectivity index (χ4v) is 9.89. The lowest BCUT2D eigenvalue weighted by Crippen LogP contribution is -2.42. The standard InChI is InChI=1S/C55H35FN2O/c56-39-29-34-51-47(35-39)55(44-17-5-8-20-48(44)57(49-21-9-6-18-45(49)55)40-30-25-37(26-31-40)36-13-2-1-3-14-36)46-19-7-10-22-50(46)58(51)41-32-27-38(28-33-41)42-16-12-24-53-54(42)43-15-4-11-23-52(43)59-53/h1-35H. The van der Waals surface area contributed by atoms with Crippen molar-refractivity contribution < 1.29 is 8.81 Å². The third-order valence-corrected chi connectivity index (χ3v) is 12.3. The van der Waals surface area contributed by atoms with E-state index >= 15 is 4.39 Å². The normalized spacial score (nSPS) is 13.6. The van der Waals surface area contributed by atoms with Gasteiger partial charge >= 0.3 is 0 Å². The Hall–Kier alpha value is -7.69. The van der Waals surface area contributed by atoms with Gasteiger partial charge in [0, 0.05) is 22.1 Å². The van der Waals surface area contributed by atoms with E-state index in [0.717, 1.165) is 95.0 Å². The van der Waals surface area contributed by atoms with Crippen molar-refractivity contribution in [2.45, 2.75) is 5.41 Å². The fourth-order valence-electron chi connectivity index (χ4n) is 9.89. The van der Waals surface area contributed by atoms with Gasteiger partial charge < -0.3 is 14.2 Å². The topological polar surface area (TPSA) is 19.6 Å². The summed E-state index contributed by atoms with van der Waals surface area (Å²) in [4.78, 5) is 4.66. The van der Waals surface area contributed by atoms with Gasteiger partial charge in [-0.1, -0.05) is 140 Å². The molecule has 0 saturated carbocycles. The van der Waals surface area contributed by atoms with Crippen molar-refractivity contribution in [2.24, 2.45) is 0 Å². The van der Waals surface area contributed by atoms with Gasteiger partial charge in [-0.05, 0) is 117 Å². The summed E-state index contributed by atoms with van der Waals surface area (Å²) >= 11 is 0. The van der Waals surface area contributed by atoms with Crippen LogP contribution in [0, 0.1) is 5.82 Å². The van der Waals surface area contributed by atoms with Gasteiger partial charge in [0.05, 0.1) is 28.2 Å². The minimum atomic E-state index is -0.823. The molecule has 1 aromatic heterocycles. The molecule has 278 valence electrons. The molecule has 0 unspecified atom stereocenters. The molecular weight excluding hydrogens is 724 g/mol. The van der Waals surface area contributed by atoms with Crippen LogP contribution < -0.4 is 9.80 Å². The Morgan fingerprint density at radius 3 is 1.49 bits per heavy atom. The Kier molecular flexibility index (Phi) is 7.32. The second-order valence-corrected chi connectivity index (χ2v) is 15.4. The highest BCUT2D eigenvalue weighted by atomic mass is 19.1. The number of halogens is 1. The van der Waals surface area contributed by atoms with Crippen LogP contribution >= 0.6 is 0 Å². The molecule has 10 aromatic rings. The zero-order valence-corrected chi connectivity index (χ0v) is 31.9. The van der Waals surface area contributed by atoms with Crippen LogP contribution in [0.25, 0.3) is 44.2 Å². The molecule has 1 spiro atoms. The average molecular weight is 759 g/mol. The van der Waals surface area contributed by atoms with Crippen LogP contribution in [0.5, 0.6) is 0 Å². The van der Waals surface area contributed by atoms with Gasteiger partial charge in [0.25, 0.3) is 0 Å². The molecular formula is C55H35FN2O. The Bertz CT molecular complexity index is 3190. The Morgan fingerprint density at radius 2 is 0.864 bits per heavy atom. The SMILES string of the molecule is Fc1ccc2c(c1)C1(c3ccccc3N(c3ccc(-c4ccccc4)cc3)c3ccccc31)c1ccccc1N2c1ccc(-c2cccc3oc4ccccc4c23)cc1. The van der Waals surface area contributed by atoms with Gasteiger partial charge in [0.2, 0.25) is 0 Å². The Labute approximate surface area is 341 Å². The summed E-state index contributed by atoms with van der Waals surface area (Å²) in [5.74, 6) is -0.271. The van der Waals surface area contributed by atoms with E-state index in [9.17, 15) is 0 Å². The van der Waals surface area contributed by atoms with E-state index in [4.69, 9.17) is 4.42 Å². The molecule has 4 heteroatoms. The zero-order valence-electron chi connectivity index (χ0n) is 31.9. The van der Waals surface area contributed by atoms with E-state index in [1.807, 2.05) is 30.3 Å². The summed E-state index contributed by atoms with van der Waals surface area (Å²) in [6.45, 7) is 0. The molecule has 0 amide bonds. The summed E-state index contributed by atoms with van der Waals surface area (Å²) in [6.07, 6.45) is 0. The average Bonchev–Trinajstić information content (AvgIpc) is 3.69. The highest BCUT2D eigenvalue weighted by Crippen LogP contribution is 2.64. The second-order valence-electron chi connectivity index (χ2n) is 15.4. The zero-order chi connectivity index (χ0) is 39.1. The number of anilines is 6. The maximum atomic E-state index is 16.0. The largest absolute Gasteiger partial charge is 0.456 e. The molecule has 0 fully saturated rings. The van der Waals surface area contributed by atoms with E-state index in [-0.39, 0.29) is 5.82 Å². The van der Waals surface area contributed by atoms with Gasteiger partial charge in [-0.25, -0.2) is 4.39 Å². The van der Waals surface area contributed by atoms with Crippen molar-refractivity contribution in [3.8, 4) is 22.3 Å². The van der Waals surface area contributed by atoms with E-state index in [1.165, 1.54) is 5.56 Å². The molecule has 0 aliphatic carbocycles. The van der Waals surface area contributed by atoms with Gasteiger partial charge in [0.15, 0.2) is 0 Å². The predicted molar refractivity (Wildman–Crippen MR) is 239 cm³/mol. The van der Waals surface area contributed by atoms with E-state index in [1.54, 1.807) is 12.1 Å². The highest BCUT2D eigenvalue weighted by Gasteiger charge is 2.52. The summed E-state index contributed by atoms with van der Waals surface area (Å²) in [7, 11) is 0. The number of para-hydroxylation sites is 4. The first-order chi connectivity index (χ1) is 29.2. The lowest BCUT2D eigenvalue weighted by molar-refractivity contribution is 0.617. The minimum Gasteiger partial charge on any atom is -0.456 e. The monoisotopic (exact) mass is 758 g/mol. The number of hydrogen-bond donors (Lipinski definition) is 0. The van der Waals surface area contributed by atoms with Gasteiger partial charge in [-0.15, -0.1) is 0 Å². The number of fused-ring (bicyclic) bond motifs is 11. The molecule has 0 N–H and O–H groups in total. The van der Waals surface area contributed by atoms with Crippen molar-refractivity contribution in [3.05, 3.63) is 240 Å². The summed E-state index contributed by atoms with van der Waals surface area (Å²) in [5, 5.41) is 2.21. The van der Waals surface area contributed by atoms with E-state index in [0.29, 0.717) is 0 Å². The molecule has 0 saturated heterocycles. The highest BCUT2D eigenvalue weighted by molar-refractivity contribution is 6.12. The maximum Gasteiger partial charge on any atom is 0.136 e. The lowest BCUT2D eigenvalue weighted by Gasteiger charge is -2.51. The molecule has 0 radical (unpaired) electrons. The molecule has 2 aliphatic rings. The third kappa shape index (κ3) is 4.87. The first-order valence-corrected chi connectivity index (χ1v) is 20.0. The number of hydrogen-bond acceptors (Lipinski definition) is 3. The van der Waals surface area contributed by atoms with Crippen molar-refractivity contribution in [2.75, 3.05) is 9.80 Å². The van der Waals surface area contributed by atoms with Gasteiger partial charge in [0.1, 0.15) is 17.0 Å². The molecule has 0 atom stereocenters. The lowest BCUT2D eigenvalue weighted by atomic mass is 9.60. The molecule has 2 aliphatic heterocycles. The molecule has 3 nitrogen and oxygen atoms in total. The Morgan fingerprint density at radius 1 is 0.373 bits per heavy atom.